The molecule has 2 fully saturated rings. The summed E-state index contributed by atoms with van der Waals surface area (Å²) in [5.74, 6) is 0.261. The van der Waals surface area contributed by atoms with Crippen LogP contribution >= 0.6 is 0 Å². The van der Waals surface area contributed by atoms with Gasteiger partial charge in [-0.2, -0.15) is 0 Å². The molecule has 0 aromatic heterocycles. The molecule has 5 heteroatoms. The van der Waals surface area contributed by atoms with E-state index in [0.29, 0.717) is 19.4 Å². The number of Topliss-reactive ketones (excluding diaryl/α,β-unsaturated/α-hetero) is 1. The number of hydrogen-bond acceptors (Lipinski definition) is 4. The second kappa shape index (κ2) is 5.48. The van der Waals surface area contributed by atoms with Crippen LogP contribution in [0.4, 0.5) is 0 Å². The predicted octanol–water partition coefficient (Wildman–Crippen LogP) is 2.41. The van der Waals surface area contributed by atoms with Crippen LogP contribution in [0.2, 0.25) is 0 Å². The van der Waals surface area contributed by atoms with Crippen molar-refractivity contribution >= 4 is 18.4 Å². The highest BCUT2D eigenvalue weighted by molar-refractivity contribution is 6.62. The van der Waals surface area contributed by atoms with Crippen LogP contribution in [-0.2, 0) is 18.8 Å². The van der Waals surface area contributed by atoms with Gasteiger partial charge in [0.15, 0.2) is 0 Å². The maximum atomic E-state index is 11.6. The van der Waals surface area contributed by atoms with Gasteiger partial charge < -0.3 is 14.0 Å². The third-order valence-corrected chi connectivity index (χ3v) is 4.92. The third-order valence-electron chi connectivity index (χ3n) is 4.92. The molecule has 4 nitrogen and oxygen atoms in total. The van der Waals surface area contributed by atoms with E-state index in [1.165, 1.54) is 0 Å². The summed E-state index contributed by atoms with van der Waals surface area (Å²) in [5, 5.41) is 0. The summed E-state index contributed by atoms with van der Waals surface area (Å²) in [7, 11) is -0.385. The van der Waals surface area contributed by atoms with Crippen molar-refractivity contribution in [1.29, 1.82) is 0 Å². The van der Waals surface area contributed by atoms with E-state index in [9.17, 15) is 4.79 Å². The van der Waals surface area contributed by atoms with Gasteiger partial charge in [0.25, 0.3) is 0 Å². The van der Waals surface area contributed by atoms with Crippen LogP contribution in [0.15, 0.2) is 24.3 Å². The number of carbonyl (C=O) groups excluding carboxylic acids is 1. The van der Waals surface area contributed by atoms with Crippen LogP contribution in [0.5, 0.6) is 0 Å². The highest BCUT2D eigenvalue weighted by atomic mass is 16.7. The zero-order valence-electron chi connectivity index (χ0n) is 13.7. The Morgan fingerprint density at radius 2 is 1.82 bits per heavy atom. The molecular formula is C17H23BO4. The van der Waals surface area contributed by atoms with Crippen LogP contribution in [0.25, 0.3) is 0 Å². The molecule has 2 heterocycles. The summed E-state index contributed by atoms with van der Waals surface area (Å²) in [6.45, 7) is 8.67. The van der Waals surface area contributed by atoms with Gasteiger partial charge in [-0.05, 0) is 38.7 Å². The largest absolute Gasteiger partial charge is 0.494 e. The molecule has 0 saturated carbocycles. The summed E-state index contributed by atoms with van der Waals surface area (Å²) >= 11 is 0. The molecule has 22 heavy (non-hydrogen) atoms. The predicted molar refractivity (Wildman–Crippen MR) is 85.1 cm³/mol. The zero-order valence-corrected chi connectivity index (χ0v) is 13.7. The van der Waals surface area contributed by atoms with Gasteiger partial charge in [-0.25, -0.2) is 0 Å². The van der Waals surface area contributed by atoms with Crippen LogP contribution in [-0.4, -0.2) is 30.7 Å². The van der Waals surface area contributed by atoms with Crippen LogP contribution in [0, 0.1) is 0 Å². The topological polar surface area (TPSA) is 44.8 Å². The number of benzene rings is 1. The van der Waals surface area contributed by atoms with Crippen molar-refractivity contribution in [3.63, 3.8) is 0 Å². The number of carbonyl (C=O) groups is 1. The normalized spacial score (nSPS) is 27.2. The van der Waals surface area contributed by atoms with E-state index in [0.717, 1.165) is 11.0 Å². The number of rotatable bonds is 2. The number of ether oxygens (including phenoxy) is 1. The Balaban J connectivity index is 1.82. The first-order valence-corrected chi connectivity index (χ1v) is 7.87. The second-order valence-electron chi connectivity index (χ2n) is 7.11. The van der Waals surface area contributed by atoms with Gasteiger partial charge in [0.05, 0.1) is 23.9 Å². The summed E-state index contributed by atoms with van der Waals surface area (Å²) < 4.78 is 17.9. The minimum absolute atomic E-state index is 0.149. The minimum Gasteiger partial charge on any atom is -0.399 e. The molecule has 0 spiro atoms. The van der Waals surface area contributed by atoms with E-state index in [4.69, 9.17) is 14.0 Å². The summed E-state index contributed by atoms with van der Waals surface area (Å²) in [4.78, 5) is 11.6. The molecular weight excluding hydrogens is 279 g/mol. The lowest BCUT2D eigenvalue weighted by Gasteiger charge is -2.32. The van der Waals surface area contributed by atoms with Gasteiger partial charge in [-0.1, -0.05) is 24.3 Å². The standard InChI is InChI=1S/C17H23BO4/c1-16(2)17(3,4)22-18(21-16)13-7-5-6-12(10-13)15-11-14(19)8-9-20-15/h5-7,10,15H,8-9,11H2,1-4H3. The number of hydrogen-bond donors (Lipinski definition) is 0. The van der Waals surface area contributed by atoms with Crippen molar-refractivity contribution in [2.75, 3.05) is 6.61 Å². The first-order chi connectivity index (χ1) is 10.3. The van der Waals surface area contributed by atoms with Gasteiger partial charge in [0, 0.05) is 12.8 Å². The molecule has 2 aliphatic rings. The molecule has 1 aromatic rings. The van der Waals surface area contributed by atoms with Crippen molar-refractivity contribution < 1.29 is 18.8 Å². The van der Waals surface area contributed by atoms with Gasteiger partial charge in [0.1, 0.15) is 5.78 Å². The number of ketones is 1. The Hall–Kier alpha value is -1.17. The Morgan fingerprint density at radius 3 is 2.45 bits per heavy atom. The smallest absolute Gasteiger partial charge is 0.399 e. The summed E-state index contributed by atoms with van der Waals surface area (Å²) in [6.07, 6.45) is 0.823. The maximum absolute atomic E-state index is 11.6. The summed E-state index contributed by atoms with van der Waals surface area (Å²) in [6, 6.07) is 8.00. The van der Waals surface area contributed by atoms with Gasteiger partial charge in [0.2, 0.25) is 0 Å². The first kappa shape index (κ1) is 15.7. The lowest BCUT2D eigenvalue weighted by molar-refractivity contribution is -0.128. The molecule has 2 aliphatic heterocycles. The average molecular weight is 302 g/mol. The zero-order chi connectivity index (χ0) is 16.0. The third kappa shape index (κ3) is 2.85. The SMILES string of the molecule is CC1(C)OB(c2cccc(C3CC(=O)CCO3)c2)OC1(C)C. The molecule has 2 saturated heterocycles. The van der Waals surface area contributed by atoms with E-state index in [1.807, 2.05) is 52.0 Å². The molecule has 0 radical (unpaired) electrons. The highest BCUT2D eigenvalue weighted by Crippen LogP contribution is 2.36. The van der Waals surface area contributed by atoms with Crippen molar-refractivity contribution in [2.24, 2.45) is 0 Å². The molecule has 1 unspecified atom stereocenters. The van der Waals surface area contributed by atoms with Crippen LogP contribution in [0.3, 0.4) is 0 Å². The molecule has 1 aromatic carbocycles. The Morgan fingerprint density at radius 1 is 1.14 bits per heavy atom. The fourth-order valence-corrected chi connectivity index (χ4v) is 2.78. The molecule has 0 bridgehead atoms. The maximum Gasteiger partial charge on any atom is 0.494 e. The lowest BCUT2D eigenvalue weighted by atomic mass is 9.78. The monoisotopic (exact) mass is 302 g/mol. The molecule has 0 amide bonds. The van der Waals surface area contributed by atoms with E-state index in [1.54, 1.807) is 0 Å². The van der Waals surface area contributed by atoms with Crippen molar-refractivity contribution in [3.05, 3.63) is 29.8 Å². The van der Waals surface area contributed by atoms with E-state index in [-0.39, 0.29) is 30.2 Å². The lowest BCUT2D eigenvalue weighted by Crippen LogP contribution is -2.41. The average Bonchev–Trinajstić information content (AvgIpc) is 2.68. The van der Waals surface area contributed by atoms with E-state index < -0.39 is 0 Å². The van der Waals surface area contributed by atoms with Crippen molar-refractivity contribution in [3.8, 4) is 0 Å². The fourth-order valence-electron chi connectivity index (χ4n) is 2.78. The van der Waals surface area contributed by atoms with Gasteiger partial charge in [-0.15, -0.1) is 0 Å². The summed E-state index contributed by atoms with van der Waals surface area (Å²) in [5.41, 5.74) is 1.27. The molecule has 3 rings (SSSR count). The van der Waals surface area contributed by atoms with E-state index in [2.05, 4.69) is 0 Å². The quantitative estimate of drug-likeness (QED) is 0.787. The van der Waals surface area contributed by atoms with Crippen LogP contribution < -0.4 is 5.46 Å². The Bertz CT molecular complexity index is 566. The van der Waals surface area contributed by atoms with E-state index >= 15 is 0 Å². The highest BCUT2D eigenvalue weighted by Gasteiger charge is 2.51. The minimum atomic E-state index is -0.385. The molecule has 0 N–H and O–H groups in total. The second-order valence-corrected chi connectivity index (χ2v) is 7.11. The Labute approximate surface area is 132 Å². The van der Waals surface area contributed by atoms with Gasteiger partial charge in [-0.3, -0.25) is 4.79 Å². The first-order valence-electron chi connectivity index (χ1n) is 7.87. The fraction of sp³-hybridized carbons (Fsp3) is 0.588. The molecule has 1 atom stereocenters. The van der Waals surface area contributed by atoms with Crippen LogP contribution in [0.1, 0.15) is 52.2 Å². The Kier molecular flexibility index (Phi) is 3.92. The van der Waals surface area contributed by atoms with Crippen molar-refractivity contribution in [2.45, 2.75) is 57.8 Å². The molecule has 0 aliphatic carbocycles. The van der Waals surface area contributed by atoms with Gasteiger partial charge >= 0.3 is 7.12 Å². The molecule has 118 valence electrons. The van der Waals surface area contributed by atoms with Crippen molar-refractivity contribution in [1.82, 2.24) is 0 Å².